The molecule has 0 spiro atoms. The summed E-state index contributed by atoms with van der Waals surface area (Å²) in [6, 6.07) is 17.1. The first-order valence-electron chi connectivity index (χ1n) is 11.6. The molecule has 192 valence electrons. The number of hydrogen-bond acceptors (Lipinski definition) is 7. The van der Waals surface area contributed by atoms with Crippen LogP contribution < -0.4 is 10.9 Å². The number of nitrogens with zero attached hydrogens (tertiary/aromatic N) is 1. The van der Waals surface area contributed by atoms with Crippen molar-refractivity contribution in [3.05, 3.63) is 93.0 Å². The summed E-state index contributed by atoms with van der Waals surface area (Å²) >= 11 is 6.21. The molecule has 0 aliphatic heterocycles. The van der Waals surface area contributed by atoms with Gasteiger partial charge < -0.3 is 18.8 Å². The molecule has 2 N–H and O–H groups in total. The van der Waals surface area contributed by atoms with Crippen molar-refractivity contribution < 1.29 is 28.4 Å². The molecular formula is C28H21ClN2O7. The van der Waals surface area contributed by atoms with Crippen LogP contribution in [-0.2, 0) is 16.0 Å². The Bertz CT molecular complexity index is 1770. The van der Waals surface area contributed by atoms with Gasteiger partial charge in [0.25, 0.3) is 0 Å². The SMILES string of the molecule is Cc1onc(-c2ccc3c(c2)oc(=O)c2cc(CC(=O)O)ccc23)c1NC(=O)OC(C)c1ccccc1Cl. The summed E-state index contributed by atoms with van der Waals surface area (Å²) in [5, 5.41) is 17.9. The maximum absolute atomic E-state index is 12.7. The zero-order valence-electron chi connectivity index (χ0n) is 20.3. The number of carbonyl (C=O) groups excluding carboxylic acids is 1. The van der Waals surface area contributed by atoms with Crippen molar-refractivity contribution >= 4 is 51.1 Å². The highest BCUT2D eigenvalue weighted by atomic mass is 35.5. The molecule has 10 heteroatoms. The van der Waals surface area contributed by atoms with Gasteiger partial charge in [-0.1, -0.05) is 53.2 Å². The fraction of sp³-hybridized carbons (Fsp3) is 0.143. The highest BCUT2D eigenvalue weighted by molar-refractivity contribution is 6.31. The number of rotatable bonds is 6. The van der Waals surface area contributed by atoms with Gasteiger partial charge in [-0.05, 0) is 49.1 Å². The van der Waals surface area contributed by atoms with Gasteiger partial charge in [0.15, 0.2) is 5.76 Å². The van der Waals surface area contributed by atoms with Crippen LogP contribution in [-0.4, -0.2) is 22.3 Å². The van der Waals surface area contributed by atoms with E-state index in [9.17, 15) is 14.4 Å². The number of carbonyl (C=O) groups is 2. The molecule has 2 heterocycles. The van der Waals surface area contributed by atoms with E-state index >= 15 is 0 Å². The van der Waals surface area contributed by atoms with Crippen LogP contribution in [0.2, 0.25) is 5.02 Å². The van der Waals surface area contributed by atoms with Crippen LogP contribution in [0.5, 0.6) is 0 Å². The van der Waals surface area contributed by atoms with Gasteiger partial charge in [-0.15, -0.1) is 0 Å². The Morgan fingerprint density at radius 1 is 1.08 bits per heavy atom. The van der Waals surface area contributed by atoms with E-state index in [1.165, 1.54) is 6.07 Å². The number of carboxylic acids is 1. The van der Waals surface area contributed by atoms with Crippen molar-refractivity contribution in [2.75, 3.05) is 5.32 Å². The number of carboxylic acid groups (broad SMARTS) is 1. The van der Waals surface area contributed by atoms with E-state index in [2.05, 4.69) is 10.5 Å². The first kappa shape index (κ1) is 25.0. The topological polar surface area (TPSA) is 132 Å². The number of fused-ring (bicyclic) bond motifs is 3. The van der Waals surface area contributed by atoms with Crippen LogP contribution in [0.1, 0.15) is 29.9 Å². The van der Waals surface area contributed by atoms with E-state index in [0.29, 0.717) is 60.6 Å². The lowest BCUT2D eigenvalue weighted by molar-refractivity contribution is -0.136. The van der Waals surface area contributed by atoms with Crippen LogP contribution in [0.15, 0.2) is 74.4 Å². The van der Waals surface area contributed by atoms with Crippen LogP contribution in [0.25, 0.3) is 33.0 Å². The smallest absolute Gasteiger partial charge is 0.412 e. The number of nitrogens with one attached hydrogen (secondary N) is 1. The molecule has 1 unspecified atom stereocenters. The van der Waals surface area contributed by atoms with Crippen LogP contribution in [0, 0.1) is 6.92 Å². The summed E-state index contributed by atoms with van der Waals surface area (Å²) in [7, 11) is 0. The van der Waals surface area contributed by atoms with E-state index in [4.69, 9.17) is 30.4 Å². The summed E-state index contributed by atoms with van der Waals surface area (Å²) < 4.78 is 16.4. The molecule has 0 saturated heterocycles. The Hall–Kier alpha value is -4.63. The third-order valence-corrected chi connectivity index (χ3v) is 6.47. The number of amides is 1. The predicted molar refractivity (Wildman–Crippen MR) is 142 cm³/mol. The van der Waals surface area contributed by atoms with Crippen LogP contribution >= 0.6 is 11.6 Å². The normalized spacial score (nSPS) is 12.0. The molecule has 5 aromatic rings. The van der Waals surface area contributed by atoms with Crippen LogP contribution in [0.4, 0.5) is 10.5 Å². The lowest BCUT2D eigenvalue weighted by Gasteiger charge is -2.15. The largest absolute Gasteiger partial charge is 0.481 e. The highest BCUT2D eigenvalue weighted by Crippen LogP contribution is 2.34. The molecule has 0 aliphatic rings. The number of anilines is 1. The number of halogens is 1. The highest BCUT2D eigenvalue weighted by Gasteiger charge is 2.21. The van der Waals surface area contributed by atoms with E-state index in [0.717, 1.165) is 0 Å². The van der Waals surface area contributed by atoms with Crippen molar-refractivity contribution in [1.82, 2.24) is 5.16 Å². The summed E-state index contributed by atoms with van der Waals surface area (Å²) in [5.41, 5.74) is 2.04. The number of aliphatic carboxylic acids is 1. The van der Waals surface area contributed by atoms with Gasteiger partial charge in [0.1, 0.15) is 23.1 Å². The van der Waals surface area contributed by atoms with Crippen molar-refractivity contribution in [1.29, 1.82) is 0 Å². The van der Waals surface area contributed by atoms with Gasteiger partial charge in [0, 0.05) is 21.5 Å². The van der Waals surface area contributed by atoms with Gasteiger partial charge in [-0.2, -0.15) is 0 Å². The molecule has 9 nitrogen and oxygen atoms in total. The Labute approximate surface area is 220 Å². The van der Waals surface area contributed by atoms with E-state index < -0.39 is 23.8 Å². The Morgan fingerprint density at radius 3 is 2.61 bits per heavy atom. The number of aryl methyl sites for hydroxylation is 1. The van der Waals surface area contributed by atoms with Crippen molar-refractivity contribution in [3.8, 4) is 11.3 Å². The quantitative estimate of drug-likeness (QED) is 0.187. The second kappa shape index (κ2) is 10.0. The number of ether oxygens (including phenoxy) is 1. The molecule has 0 aliphatic carbocycles. The standard InChI is InChI=1S/C28H21ClN2O7/c1-14(18-5-3-4-6-22(18)29)36-28(35)30-25-15(2)38-31-26(25)17-8-10-20-19-9-7-16(12-24(32)33)11-21(19)27(34)37-23(20)13-17/h3-11,13-14H,12H2,1-2H3,(H,30,35)(H,32,33). The minimum Gasteiger partial charge on any atom is -0.481 e. The summed E-state index contributed by atoms with van der Waals surface area (Å²) in [6.07, 6.45) is -1.53. The predicted octanol–water partition coefficient (Wildman–Crippen LogP) is 6.50. The third-order valence-electron chi connectivity index (χ3n) is 6.12. The molecule has 1 amide bonds. The van der Waals surface area contributed by atoms with Crippen molar-refractivity contribution in [2.24, 2.45) is 0 Å². The molecule has 2 aromatic heterocycles. The molecule has 0 bridgehead atoms. The Morgan fingerprint density at radius 2 is 1.84 bits per heavy atom. The van der Waals surface area contributed by atoms with Crippen LogP contribution in [0.3, 0.4) is 0 Å². The maximum atomic E-state index is 12.7. The van der Waals surface area contributed by atoms with Crippen molar-refractivity contribution in [3.63, 3.8) is 0 Å². The molecule has 1 atom stereocenters. The van der Waals surface area contributed by atoms with E-state index in [-0.39, 0.29) is 6.42 Å². The van der Waals surface area contributed by atoms with E-state index in [1.807, 2.05) is 0 Å². The molecule has 38 heavy (non-hydrogen) atoms. The number of aromatic nitrogens is 1. The number of hydrogen-bond donors (Lipinski definition) is 2. The fourth-order valence-electron chi connectivity index (χ4n) is 4.29. The summed E-state index contributed by atoms with van der Waals surface area (Å²) in [4.78, 5) is 36.5. The first-order chi connectivity index (χ1) is 18.2. The molecule has 0 saturated carbocycles. The minimum absolute atomic E-state index is 0.201. The fourth-order valence-corrected chi connectivity index (χ4v) is 4.58. The molecule has 5 rings (SSSR count). The molecule has 0 radical (unpaired) electrons. The van der Waals surface area contributed by atoms with Gasteiger partial charge in [0.05, 0.1) is 11.8 Å². The van der Waals surface area contributed by atoms with Gasteiger partial charge in [-0.25, -0.2) is 9.59 Å². The average Bonchev–Trinajstić information content (AvgIpc) is 3.23. The second-order valence-corrected chi connectivity index (χ2v) is 9.11. The van der Waals surface area contributed by atoms with E-state index in [1.54, 1.807) is 68.4 Å². The third kappa shape index (κ3) is 4.83. The average molecular weight is 533 g/mol. The summed E-state index contributed by atoms with van der Waals surface area (Å²) in [5.74, 6) is -0.637. The Balaban J connectivity index is 1.46. The Kier molecular flexibility index (Phi) is 6.61. The lowest BCUT2D eigenvalue weighted by Crippen LogP contribution is -2.17. The van der Waals surface area contributed by atoms with Gasteiger partial charge >= 0.3 is 17.7 Å². The molecular weight excluding hydrogens is 512 g/mol. The van der Waals surface area contributed by atoms with Gasteiger partial charge in [0.2, 0.25) is 0 Å². The summed E-state index contributed by atoms with van der Waals surface area (Å²) in [6.45, 7) is 3.36. The zero-order chi connectivity index (χ0) is 27.0. The molecule has 0 fully saturated rings. The lowest BCUT2D eigenvalue weighted by atomic mass is 10.0. The maximum Gasteiger partial charge on any atom is 0.412 e. The number of benzene rings is 3. The second-order valence-electron chi connectivity index (χ2n) is 8.71. The van der Waals surface area contributed by atoms with Crippen molar-refractivity contribution in [2.45, 2.75) is 26.4 Å². The van der Waals surface area contributed by atoms with Gasteiger partial charge in [-0.3, -0.25) is 10.1 Å². The molecule has 3 aromatic carbocycles. The first-order valence-corrected chi connectivity index (χ1v) is 12.0. The minimum atomic E-state index is -0.992. The monoisotopic (exact) mass is 532 g/mol. The zero-order valence-corrected chi connectivity index (χ0v) is 21.0.